The summed E-state index contributed by atoms with van der Waals surface area (Å²) in [5, 5.41) is 18.4. The smallest absolute Gasteiger partial charge is 0.306 e. The molecule has 1 aliphatic rings. The molecule has 0 bridgehead atoms. The van der Waals surface area contributed by atoms with E-state index in [4.69, 9.17) is 14.6 Å². The number of hydrogen-bond acceptors (Lipinski definition) is 5. The van der Waals surface area contributed by atoms with Gasteiger partial charge in [-0.05, 0) is 17.3 Å². The topological polar surface area (TPSA) is 76.0 Å². The molecule has 0 amide bonds. The molecule has 0 radical (unpaired) electrons. The Kier molecular flexibility index (Phi) is 6.55. The first-order valence-corrected chi connectivity index (χ1v) is 6.87. The van der Waals surface area contributed by atoms with Gasteiger partial charge in [-0.25, -0.2) is 0 Å². The van der Waals surface area contributed by atoms with Gasteiger partial charge < -0.3 is 19.7 Å². The van der Waals surface area contributed by atoms with Crippen LogP contribution in [-0.4, -0.2) is 52.1 Å². The van der Waals surface area contributed by atoms with Gasteiger partial charge in [0.1, 0.15) is 12.2 Å². The first kappa shape index (κ1) is 14.1. The number of carbonyl (C=O) groups is 1. The SMILES string of the molecule is O=C(CCCCI)O[C@@H]1[C@H](O)CO[C@@H]1CO. The third-order valence-corrected chi connectivity index (χ3v) is 3.20. The third kappa shape index (κ3) is 4.15. The Morgan fingerprint density at radius 2 is 2.25 bits per heavy atom. The van der Waals surface area contributed by atoms with Crippen LogP contribution in [-0.2, 0) is 14.3 Å². The number of carbonyl (C=O) groups excluding carboxylic acids is 1. The molecule has 2 N–H and O–H groups in total. The maximum atomic E-state index is 11.4. The van der Waals surface area contributed by atoms with Gasteiger partial charge in [0.2, 0.25) is 0 Å². The highest BCUT2D eigenvalue weighted by Gasteiger charge is 2.38. The number of aliphatic hydroxyl groups is 2. The van der Waals surface area contributed by atoms with Gasteiger partial charge in [0.05, 0.1) is 13.2 Å². The van der Waals surface area contributed by atoms with E-state index in [1.807, 2.05) is 0 Å². The predicted octanol–water partition coefficient (Wildman–Crippen LogP) is 0.255. The van der Waals surface area contributed by atoms with Crippen LogP contribution in [0.5, 0.6) is 0 Å². The third-order valence-electron chi connectivity index (χ3n) is 2.44. The molecule has 16 heavy (non-hydrogen) atoms. The molecule has 0 aromatic carbocycles. The molecule has 0 aromatic rings. The summed E-state index contributed by atoms with van der Waals surface area (Å²) < 4.78 is 11.2. The number of unbranched alkanes of at least 4 members (excludes halogenated alkanes) is 1. The van der Waals surface area contributed by atoms with Crippen LogP contribution in [0.1, 0.15) is 19.3 Å². The van der Waals surface area contributed by atoms with Crippen LogP contribution >= 0.6 is 22.6 Å². The molecule has 6 heteroatoms. The predicted molar refractivity (Wildman–Crippen MR) is 65.5 cm³/mol. The van der Waals surface area contributed by atoms with Crippen LogP contribution in [0.15, 0.2) is 0 Å². The largest absolute Gasteiger partial charge is 0.457 e. The van der Waals surface area contributed by atoms with Gasteiger partial charge in [-0.15, -0.1) is 0 Å². The quantitative estimate of drug-likeness (QED) is 0.313. The minimum absolute atomic E-state index is 0.108. The number of aliphatic hydroxyl groups excluding tert-OH is 2. The maximum absolute atomic E-state index is 11.4. The number of halogens is 1. The van der Waals surface area contributed by atoms with Crippen LogP contribution in [0, 0.1) is 0 Å². The van der Waals surface area contributed by atoms with E-state index in [9.17, 15) is 9.90 Å². The molecule has 1 rings (SSSR count). The van der Waals surface area contributed by atoms with Crippen molar-refractivity contribution in [1.82, 2.24) is 0 Å². The minimum Gasteiger partial charge on any atom is -0.457 e. The van der Waals surface area contributed by atoms with Crippen LogP contribution in [0.3, 0.4) is 0 Å². The Balaban J connectivity index is 2.31. The molecule has 0 spiro atoms. The standard InChI is InChI=1S/C10H17IO5/c11-4-2-1-3-9(14)16-10-7(13)6-15-8(10)5-12/h7-8,10,12-13H,1-6H2/t7-,8-,10-/m1/s1. The van der Waals surface area contributed by atoms with Crippen molar-refractivity contribution in [2.24, 2.45) is 0 Å². The van der Waals surface area contributed by atoms with Crippen molar-refractivity contribution >= 4 is 28.6 Å². The number of esters is 1. The number of ether oxygens (including phenoxy) is 2. The minimum atomic E-state index is -0.828. The van der Waals surface area contributed by atoms with Gasteiger partial charge in [-0.1, -0.05) is 22.6 Å². The maximum Gasteiger partial charge on any atom is 0.306 e. The lowest BCUT2D eigenvalue weighted by atomic mass is 10.1. The lowest BCUT2D eigenvalue weighted by Crippen LogP contribution is -2.37. The first-order chi connectivity index (χ1) is 7.69. The van der Waals surface area contributed by atoms with Gasteiger partial charge in [-0.3, -0.25) is 4.79 Å². The second kappa shape index (κ2) is 7.41. The zero-order valence-corrected chi connectivity index (χ0v) is 11.1. The van der Waals surface area contributed by atoms with Crippen LogP contribution in [0.4, 0.5) is 0 Å². The summed E-state index contributed by atoms with van der Waals surface area (Å²) in [6.07, 6.45) is -0.0334. The second-order valence-electron chi connectivity index (χ2n) is 3.72. The van der Waals surface area contributed by atoms with E-state index in [0.29, 0.717) is 6.42 Å². The number of rotatable bonds is 6. The van der Waals surface area contributed by atoms with Crippen molar-refractivity contribution in [1.29, 1.82) is 0 Å². The van der Waals surface area contributed by atoms with Gasteiger partial charge in [0.25, 0.3) is 0 Å². The summed E-state index contributed by atoms with van der Waals surface area (Å²) in [6.45, 7) is -0.139. The lowest BCUT2D eigenvalue weighted by Gasteiger charge is -2.19. The summed E-state index contributed by atoms with van der Waals surface area (Å²) in [4.78, 5) is 11.4. The molecule has 0 aliphatic carbocycles. The van der Waals surface area contributed by atoms with E-state index in [1.165, 1.54) is 0 Å². The number of alkyl halides is 1. The molecule has 1 fully saturated rings. The summed E-state index contributed by atoms with van der Waals surface area (Å²) in [5.41, 5.74) is 0. The molecule has 94 valence electrons. The summed E-state index contributed by atoms with van der Waals surface area (Å²) in [6, 6.07) is 0. The fourth-order valence-electron chi connectivity index (χ4n) is 1.55. The Morgan fingerprint density at radius 1 is 1.50 bits per heavy atom. The molecule has 0 unspecified atom stereocenters. The van der Waals surface area contributed by atoms with E-state index in [2.05, 4.69) is 22.6 Å². The molecule has 5 nitrogen and oxygen atoms in total. The van der Waals surface area contributed by atoms with Crippen LogP contribution in [0.2, 0.25) is 0 Å². The highest BCUT2D eigenvalue weighted by Crippen LogP contribution is 2.18. The van der Waals surface area contributed by atoms with Crippen LogP contribution in [0.25, 0.3) is 0 Å². The van der Waals surface area contributed by atoms with E-state index < -0.39 is 18.3 Å². The van der Waals surface area contributed by atoms with Gasteiger partial charge >= 0.3 is 5.97 Å². The van der Waals surface area contributed by atoms with Crippen molar-refractivity contribution in [2.45, 2.75) is 37.6 Å². The lowest BCUT2D eigenvalue weighted by molar-refractivity contribution is -0.156. The van der Waals surface area contributed by atoms with Crippen LogP contribution < -0.4 is 0 Å². The Labute approximate surface area is 108 Å². The Hall–Kier alpha value is 0.0800. The fraction of sp³-hybridized carbons (Fsp3) is 0.900. The van der Waals surface area contributed by atoms with E-state index >= 15 is 0 Å². The summed E-state index contributed by atoms with van der Waals surface area (Å²) in [5.74, 6) is -0.335. The molecule has 1 saturated heterocycles. The molecular formula is C10H17IO5. The molecule has 1 aliphatic heterocycles. The zero-order chi connectivity index (χ0) is 12.0. The first-order valence-electron chi connectivity index (χ1n) is 5.35. The molecular weight excluding hydrogens is 327 g/mol. The van der Waals surface area contributed by atoms with Crippen molar-refractivity contribution in [2.75, 3.05) is 17.6 Å². The molecule has 1 heterocycles. The normalized spacial score (nSPS) is 29.3. The number of hydrogen-bond donors (Lipinski definition) is 2. The monoisotopic (exact) mass is 344 g/mol. The fourth-order valence-corrected chi connectivity index (χ4v) is 2.08. The zero-order valence-electron chi connectivity index (χ0n) is 8.97. The average Bonchev–Trinajstić information content (AvgIpc) is 2.61. The summed E-state index contributed by atoms with van der Waals surface area (Å²) >= 11 is 2.25. The summed E-state index contributed by atoms with van der Waals surface area (Å²) in [7, 11) is 0. The van der Waals surface area contributed by atoms with Crippen molar-refractivity contribution in [3.05, 3.63) is 0 Å². The van der Waals surface area contributed by atoms with Crippen molar-refractivity contribution in [3.8, 4) is 0 Å². The van der Waals surface area contributed by atoms with Gasteiger partial charge in [0.15, 0.2) is 6.10 Å². The van der Waals surface area contributed by atoms with E-state index in [-0.39, 0.29) is 19.2 Å². The van der Waals surface area contributed by atoms with Gasteiger partial charge in [-0.2, -0.15) is 0 Å². The molecule has 3 atom stereocenters. The Bertz CT molecular complexity index is 223. The average molecular weight is 344 g/mol. The van der Waals surface area contributed by atoms with Crippen molar-refractivity contribution in [3.63, 3.8) is 0 Å². The van der Waals surface area contributed by atoms with Gasteiger partial charge in [0, 0.05) is 6.42 Å². The highest BCUT2D eigenvalue weighted by molar-refractivity contribution is 14.1. The molecule has 0 saturated carbocycles. The Morgan fingerprint density at radius 3 is 2.88 bits per heavy atom. The van der Waals surface area contributed by atoms with E-state index in [1.54, 1.807) is 0 Å². The highest BCUT2D eigenvalue weighted by atomic mass is 127. The second-order valence-corrected chi connectivity index (χ2v) is 4.80. The van der Waals surface area contributed by atoms with E-state index in [0.717, 1.165) is 17.3 Å². The van der Waals surface area contributed by atoms with Crippen molar-refractivity contribution < 1.29 is 24.5 Å². The molecule has 0 aromatic heterocycles.